The third-order valence-corrected chi connectivity index (χ3v) is 5.57. The minimum Gasteiger partial charge on any atom is -0.406 e. The van der Waals surface area contributed by atoms with E-state index in [4.69, 9.17) is 4.52 Å². The number of ether oxygens (including phenoxy) is 1. The zero-order chi connectivity index (χ0) is 25.2. The maximum Gasteiger partial charge on any atom is 0.573 e. The van der Waals surface area contributed by atoms with Crippen molar-refractivity contribution in [2.45, 2.75) is 39.5 Å². The van der Waals surface area contributed by atoms with Crippen LogP contribution in [-0.2, 0) is 6.54 Å². The molecule has 0 saturated carbocycles. The molecule has 0 spiro atoms. The fourth-order valence-corrected chi connectivity index (χ4v) is 3.54. The molecule has 35 heavy (non-hydrogen) atoms. The molecule has 11 heteroatoms. The molecule has 180 valence electrons. The van der Waals surface area contributed by atoms with Crippen molar-refractivity contribution in [3.63, 3.8) is 0 Å². The van der Waals surface area contributed by atoms with Crippen LogP contribution in [-0.4, -0.2) is 39.3 Å². The van der Waals surface area contributed by atoms with E-state index in [9.17, 15) is 13.2 Å². The Bertz CT molecular complexity index is 1380. The fourth-order valence-electron chi connectivity index (χ4n) is 3.04. The van der Waals surface area contributed by atoms with E-state index in [1.54, 1.807) is 10.9 Å². The van der Waals surface area contributed by atoms with Crippen molar-refractivity contribution in [2.75, 3.05) is 0 Å². The molecule has 4 rings (SSSR count). The van der Waals surface area contributed by atoms with Gasteiger partial charge in [0.1, 0.15) is 19.5 Å². The van der Waals surface area contributed by atoms with Crippen LogP contribution in [0.25, 0.3) is 23.0 Å². The Morgan fingerprint density at radius 2 is 1.83 bits per heavy atom. The quantitative estimate of drug-likeness (QED) is 0.268. The van der Waals surface area contributed by atoms with Gasteiger partial charge in [0, 0.05) is 17.5 Å². The van der Waals surface area contributed by atoms with Crippen molar-refractivity contribution in [1.82, 2.24) is 24.9 Å². The number of rotatable bonds is 5. The summed E-state index contributed by atoms with van der Waals surface area (Å²) in [5.41, 5.74) is 6.86. The Hall–Kier alpha value is -3.91. The second-order valence-corrected chi connectivity index (χ2v) is 13.6. The predicted octanol–water partition coefficient (Wildman–Crippen LogP) is 5.48. The largest absolute Gasteiger partial charge is 0.573 e. The van der Waals surface area contributed by atoms with Crippen LogP contribution in [0, 0.1) is 18.4 Å². The monoisotopic (exact) mass is 497 g/mol. The highest BCUT2D eigenvalue weighted by Gasteiger charge is 2.31. The van der Waals surface area contributed by atoms with Crippen LogP contribution >= 0.6 is 0 Å². The molecule has 0 radical (unpaired) electrons. The minimum absolute atomic E-state index is 0.201. The van der Waals surface area contributed by atoms with Gasteiger partial charge in [0.2, 0.25) is 5.82 Å². The molecular formula is C24H22F3N5O2Si. The average molecular weight is 498 g/mol. The summed E-state index contributed by atoms with van der Waals surface area (Å²) in [5.74, 6) is 3.23. The molecule has 0 aliphatic rings. The van der Waals surface area contributed by atoms with Gasteiger partial charge in [0.15, 0.2) is 5.69 Å². The standard InChI is InChI=1S/C24H22F3N5O2Si/c1-16-13-21(30-32(16)15-17-5-8-19(28-14-17)11-12-35(2,3)4)23-29-22(31-34-23)18-6-9-20(10-7-18)33-24(25,26)27/h5-10,13-14H,15H2,1-4H3. The molecule has 0 aliphatic carbocycles. The Morgan fingerprint density at radius 1 is 1.09 bits per heavy atom. The van der Waals surface area contributed by atoms with Crippen LogP contribution in [0.15, 0.2) is 53.2 Å². The van der Waals surface area contributed by atoms with Crippen molar-refractivity contribution in [3.05, 3.63) is 65.6 Å². The van der Waals surface area contributed by atoms with E-state index in [0.717, 1.165) is 17.0 Å². The Balaban J connectivity index is 1.47. The zero-order valence-corrected chi connectivity index (χ0v) is 20.5. The summed E-state index contributed by atoms with van der Waals surface area (Å²) < 4.78 is 48.0. The topological polar surface area (TPSA) is 78.9 Å². The first-order chi connectivity index (χ1) is 16.4. The molecule has 1 aromatic carbocycles. The summed E-state index contributed by atoms with van der Waals surface area (Å²) in [7, 11) is -1.46. The number of benzene rings is 1. The molecular weight excluding hydrogens is 475 g/mol. The van der Waals surface area contributed by atoms with E-state index >= 15 is 0 Å². The Kier molecular flexibility index (Phi) is 6.49. The van der Waals surface area contributed by atoms with Gasteiger partial charge in [-0.3, -0.25) is 4.68 Å². The molecule has 0 fully saturated rings. The molecule has 0 unspecified atom stereocenters. The summed E-state index contributed by atoms with van der Waals surface area (Å²) in [6, 6.07) is 10.9. The van der Waals surface area contributed by atoms with Gasteiger partial charge in [-0.25, -0.2) is 4.98 Å². The van der Waals surface area contributed by atoms with Crippen LogP contribution in [0.3, 0.4) is 0 Å². The molecule has 0 aliphatic heterocycles. The summed E-state index contributed by atoms with van der Waals surface area (Å²) in [6.07, 6.45) is -2.97. The van der Waals surface area contributed by atoms with E-state index in [1.807, 2.05) is 25.1 Å². The molecule has 0 saturated heterocycles. The third-order valence-electron chi connectivity index (χ3n) is 4.70. The van der Waals surface area contributed by atoms with E-state index in [2.05, 4.69) is 56.1 Å². The number of alkyl halides is 3. The number of hydrogen-bond acceptors (Lipinski definition) is 6. The van der Waals surface area contributed by atoms with Crippen LogP contribution < -0.4 is 4.74 Å². The number of halogens is 3. The van der Waals surface area contributed by atoms with Crippen molar-refractivity contribution in [1.29, 1.82) is 0 Å². The van der Waals surface area contributed by atoms with Crippen LogP contribution in [0.1, 0.15) is 17.0 Å². The van der Waals surface area contributed by atoms with E-state index in [-0.39, 0.29) is 17.5 Å². The zero-order valence-electron chi connectivity index (χ0n) is 19.5. The van der Waals surface area contributed by atoms with Crippen molar-refractivity contribution in [2.24, 2.45) is 0 Å². The van der Waals surface area contributed by atoms with Crippen LogP contribution in [0.5, 0.6) is 5.75 Å². The lowest BCUT2D eigenvalue weighted by molar-refractivity contribution is -0.274. The van der Waals surface area contributed by atoms with Gasteiger partial charge >= 0.3 is 6.36 Å². The van der Waals surface area contributed by atoms with Gasteiger partial charge in [-0.1, -0.05) is 36.8 Å². The molecule has 4 aromatic rings. The highest BCUT2D eigenvalue weighted by molar-refractivity contribution is 6.83. The smallest absolute Gasteiger partial charge is 0.406 e. The highest BCUT2D eigenvalue weighted by Crippen LogP contribution is 2.27. The lowest BCUT2D eigenvalue weighted by Gasteiger charge is -2.08. The average Bonchev–Trinajstić information content (AvgIpc) is 3.40. The molecule has 0 amide bonds. The summed E-state index contributed by atoms with van der Waals surface area (Å²) >= 11 is 0. The Morgan fingerprint density at radius 3 is 2.46 bits per heavy atom. The van der Waals surface area contributed by atoms with Crippen molar-refractivity contribution in [3.8, 4) is 40.2 Å². The SMILES string of the molecule is Cc1cc(-c2nc(-c3ccc(OC(F)(F)F)cc3)no2)nn1Cc1ccc(C#C[Si](C)(C)C)nc1. The molecule has 7 nitrogen and oxygen atoms in total. The second kappa shape index (κ2) is 9.38. The maximum absolute atomic E-state index is 12.3. The van der Waals surface area contributed by atoms with Crippen LogP contribution in [0.2, 0.25) is 19.6 Å². The number of pyridine rings is 1. The van der Waals surface area contributed by atoms with Crippen LogP contribution in [0.4, 0.5) is 13.2 Å². The summed E-state index contributed by atoms with van der Waals surface area (Å²) in [6.45, 7) is 8.96. The molecule has 3 heterocycles. The summed E-state index contributed by atoms with van der Waals surface area (Å²) in [5, 5.41) is 8.47. The van der Waals surface area contributed by atoms with E-state index < -0.39 is 14.4 Å². The molecule has 3 aromatic heterocycles. The van der Waals surface area contributed by atoms with E-state index in [0.29, 0.717) is 17.8 Å². The van der Waals surface area contributed by atoms with Gasteiger partial charge in [0.25, 0.3) is 5.89 Å². The lowest BCUT2D eigenvalue weighted by atomic mass is 10.2. The third kappa shape index (κ3) is 6.57. The lowest BCUT2D eigenvalue weighted by Crippen LogP contribution is -2.16. The first kappa shape index (κ1) is 24.2. The predicted molar refractivity (Wildman–Crippen MR) is 126 cm³/mol. The number of nitrogens with zero attached hydrogens (tertiary/aromatic N) is 5. The summed E-state index contributed by atoms with van der Waals surface area (Å²) in [4.78, 5) is 8.76. The molecule has 0 bridgehead atoms. The number of aryl methyl sites for hydroxylation is 1. The van der Waals surface area contributed by atoms with Gasteiger partial charge in [-0.15, -0.1) is 18.7 Å². The number of hydrogen-bond donors (Lipinski definition) is 0. The highest BCUT2D eigenvalue weighted by atomic mass is 28.3. The fraction of sp³-hybridized carbons (Fsp3) is 0.250. The first-order valence-corrected chi connectivity index (χ1v) is 14.2. The maximum atomic E-state index is 12.3. The first-order valence-electron chi connectivity index (χ1n) is 10.7. The molecule has 0 N–H and O–H groups in total. The number of aromatic nitrogens is 5. The normalized spacial score (nSPS) is 11.7. The second-order valence-electron chi connectivity index (χ2n) is 8.88. The Labute approximate surface area is 201 Å². The van der Waals surface area contributed by atoms with Gasteiger partial charge in [-0.05, 0) is 48.9 Å². The van der Waals surface area contributed by atoms with E-state index in [1.165, 1.54) is 24.3 Å². The van der Waals surface area contributed by atoms with Crippen molar-refractivity contribution < 1.29 is 22.4 Å². The van der Waals surface area contributed by atoms with Crippen molar-refractivity contribution >= 4 is 8.07 Å². The van der Waals surface area contributed by atoms with Gasteiger partial charge in [-0.2, -0.15) is 10.1 Å². The minimum atomic E-state index is -4.75. The van der Waals surface area contributed by atoms with Gasteiger partial charge in [0.05, 0.1) is 6.54 Å². The molecule has 0 atom stereocenters. The van der Waals surface area contributed by atoms with Gasteiger partial charge < -0.3 is 9.26 Å².